The lowest BCUT2D eigenvalue weighted by molar-refractivity contribution is 0.844. The molecule has 0 fully saturated rings. The Kier molecular flexibility index (Phi) is 4.15. The number of anilines is 1. The molecule has 1 aromatic heterocycles. The van der Waals surface area contributed by atoms with Gasteiger partial charge in [-0.25, -0.2) is 9.97 Å². The molecule has 0 aliphatic heterocycles. The molecule has 0 saturated carbocycles. The van der Waals surface area contributed by atoms with Crippen molar-refractivity contribution in [2.24, 2.45) is 0 Å². The van der Waals surface area contributed by atoms with Crippen molar-refractivity contribution in [1.82, 2.24) is 9.97 Å². The highest BCUT2D eigenvalue weighted by Gasteiger charge is 2.05. The third kappa shape index (κ3) is 3.78. The molecule has 0 spiro atoms. The van der Waals surface area contributed by atoms with Gasteiger partial charge in [-0.2, -0.15) is 0 Å². The molecule has 1 aromatic carbocycles. The molecular weight excluding hydrogens is 234 g/mol. The van der Waals surface area contributed by atoms with Crippen LogP contribution < -0.4 is 5.73 Å². The predicted molar refractivity (Wildman–Crippen MR) is 79.2 cm³/mol. The molecule has 3 nitrogen and oxygen atoms in total. The molecule has 2 aromatic rings. The van der Waals surface area contributed by atoms with Crippen LogP contribution in [0, 0.1) is 13.8 Å². The lowest BCUT2D eigenvalue weighted by Gasteiger charge is -2.07. The van der Waals surface area contributed by atoms with Gasteiger partial charge in [-0.05, 0) is 25.8 Å². The van der Waals surface area contributed by atoms with Crippen LogP contribution in [0.2, 0.25) is 0 Å². The molecular formula is C16H21N3. The second-order valence-corrected chi connectivity index (χ2v) is 5.12. The van der Waals surface area contributed by atoms with Gasteiger partial charge in [0, 0.05) is 18.2 Å². The Morgan fingerprint density at radius 1 is 1.00 bits per heavy atom. The molecule has 2 rings (SSSR count). The van der Waals surface area contributed by atoms with Crippen molar-refractivity contribution in [1.29, 1.82) is 0 Å². The van der Waals surface area contributed by atoms with Gasteiger partial charge in [-0.15, -0.1) is 0 Å². The Morgan fingerprint density at radius 2 is 1.68 bits per heavy atom. The fourth-order valence-corrected chi connectivity index (χ4v) is 2.39. The molecule has 0 atom stereocenters. The molecule has 0 radical (unpaired) electrons. The Morgan fingerprint density at radius 3 is 2.32 bits per heavy atom. The van der Waals surface area contributed by atoms with E-state index in [4.69, 9.17) is 5.73 Å². The molecule has 1 heterocycles. The first-order valence-electron chi connectivity index (χ1n) is 6.76. The Labute approximate surface area is 114 Å². The van der Waals surface area contributed by atoms with Crippen LogP contribution in [-0.2, 0) is 12.8 Å². The minimum absolute atomic E-state index is 0.567. The minimum atomic E-state index is 0.567. The smallest absolute Gasteiger partial charge is 0.135 e. The van der Waals surface area contributed by atoms with Gasteiger partial charge in [-0.1, -0.05) is 42.7 Å². The fraction of sp³-hybridized carbons (Fsp3) is 0.375. The van der Waals surface area contributed by atoms with Crippen LogP contribution in [0.15, 0.2) is 24.3 Å². The van der Waals surface area contributed by atoms with Gasteiger partial charge < -0.3 is 5.73 Å². The molecule has 2 N–H and O–H groups in total. The number of rotatable bonds is 4. The van der Waals surface area contributed by atoms with Gasteiger partial charge in [0.15, 0.2) is 0 Å². The Hall–Kier alpha value is -1.90. The number of hydrogen-bond donors (Lipinski definition) is 1. The van der Waals surface area contributed by atoms with E-state index >= 15 is 0 Å². The lowest BCUT2D eigenvalue weighted by Crippen LogP contribution is -2.04. The van der Waals surface area contributed by atoms with Crippen molar-refractivity contribution in [3.63, 3.8) is 0 Å². The number of hydrogen-bond acceptors (Lipinski definition) is 3. The lowest BCUT2D eigenvalue weighted by atomic mass is 10.0. The predicted octanol–water partition coefficient (Wildman–Crippen LogP) is 3.22. The molecule has 0 aliphatic carbocycles. The summed E-state index contributed by atoms with van der Waals surface area (Å²) in [5.41, 5.74) is 10.7. The van der Waals surface area contributed by atoms with Crippen molar-refractivity contribution in [3.8, 4) is 0 Å². The number of aromatic nitrogens is 2. The number of nitrogen functional groups attached to an aromatic ring is 1. The summed E-state index contributed by atoms with van der Waals surface area (Å²) >= 11 is 0. The minimum Gasteiger partial charge on any atom is -0.384 e. The highest BCUT2D eigenvalue weighted by molar-refractivity contribution is 5.33. The second kappa shape index (κ2) is 5.83. The normalized spacial score (nSPS) is 10.7. The highest BCUT2D eigenvalue weighted by Crippen LogP contribution is 2.13. The summed E-state index contributed by atoms with van der Waals surface area (Å²) in [7, 11) is 0. The van der Waals surface area contributed by atoms with Crippen molar-refractivity contribution in [2.75, 3.05) is 5.73 Å². The Balaban J connectivity index is 2.27. The largest absolute Gasteiger partial charge is 0.384 e. The van der Waals surface area contributed by atoms with E-state index in [1.807, 2.05) is 6.07 Å². The maximum absolute atomic E-state index is 5.85. The first kappa shape index (κ1) is 13.5. The summed E-state index contributed by atoms with van der Waals surface area (Å²) in [6.07, 6.45) is 2.76. The molecule has 0 saturated heterocycles. The zero-order chi connectivity index (χ0) is 13.8. The van der Waals surface area contributed by atoms with Crippen molar-refractivity contribution in [3.05, 3.63) is 52.5 Å². The van der Waals surface area contributed by atoms with Crippen LogP contribution >= 0.6 is 0 Å². The van der Waals surface area contributed by atoms with Crippen molar-refractivity contribution in [2.45, 2.75) is 40.0 Å². The van der Waals surface area contributed by atoms with E-state index in [-0.39, 0.29) is 0 Å². The first-order chi connectivity index (χ1) is 9.06. The first-order valence-corrected chi connectivity index (χ1v) is 6.76. The van der Waals surface area contributed by atoms with Gasteiger partial charge in [0.05, 0.1) is 0 Å². The summed E-state index contributed by atoms with van der Waals surface area (Å²) in [6, 6.07) is 8.40. The molecule has 0 aliphatic rings. The van der Waals surface area contributed by atoms with Crippen LogP contribution in [-0.4, -0.2) is 9.97 Å². The van der Waals surface area contributed by atoms with Crippen LogP contribution in [0.25, 0.3) is 0 Å². The van der Waals surface area contributed by atoms with Gasteiger partial charge in [0.25, 0.3) is 0 Å². The van der Waals surface area contributed by atoms with E-state index in [2.05, 4.69) is 48.9 Å². The van der Waals surface area contributed by atoms with Gasteiger partial charge in [0.2, 0.25) is 0 Å². The van der Waals surface area contributed by atoms with Crippen LogP contribution in [0.4, 0.5) is 5.82 Å². The van der Waals surface area contributed by atoms with Crippen LogP contribution in [0.3, 0.4) is 0 Å². The SMILES string of the molecule is CCCc1cc(N)nc(Cc2cc(C)cc(C)c2)n1. The van der Waals surface area contributed by atoms with Gasteiger partial charge in [-0.3, -0.25) is 0 Å². The maximum atomic E-state index is 5.85. The second-order valence-electron chi connectivity index (χ2n) is 5.12. The summed E-state index contributed by atoms with van der Waals surface area (Å²) in [4.78, 5) is 8.92. The van der Waals surface area contributed by atoms with E-state index in [0.29, 0.717) is 5.82 Å². The molecule has 0 unspecified atom stereocenters. The highest BCUT2D eigenvalue weighted by atomic mass is 14.9. The molecule has 3 heteroatoms. The number of aryl methyl sites for hydroxylation is 3. The number of nitrogens with zero attached hydrogens (tertiary/aromatic N) is 2. The van der Waals surface area contributed by atoms with Gasteiger partial charge >= 0.3 is 0 Å². The third-order valence-corrected chi connectivity index (χ3v) is 3.00. The third-order valence-electron chi connectivity index (χ3n) is 3.00. The average Bonchev–Trinajstić information content (AvgIpc) is 2.26. The standard InChI is InChI=1S/C16H21N3/c1-4-5-14-10-15(17)19-16(18-14)9-13-7-11(2)6-12(3)8-13/h6-8,10H,4-5,9H2,1-3H3,(H2,17,18,19). The summed E-state index contributed by atoms with van der Waals surface area (Å²) in [5.74, 6) is 1.38. The maximum Gasteiger partial charge on any atom is 0.135 e. The topological polar surface area (TPSA) is 51.8 Å². The monoisotopic (exact) mass is 255 g/mol. The zero-order valence-electron chi connectivity index (χ0n) is 11.9. The Bertz CT molecular complexity index is 556. The number of nitrogens with two attached hydrogens (primary N) is 1. The molecule has 0 bridgehead atoms. The molecule has 19 heavy (non-hydrogen) atoms. The zero-order valence-corrected chi connectivity index (χ0v) is 11.9. The summed E-state index contributed by atoms with van der Waals surface area (Å²) < 4.78 is 0. The van der Waals surface area contributed by atoms with E-state index in [0.717, 1.165) is 30.8 Å². The fourth-order valence-electron chi connectivity index (χ4n) is 2.39. The number of benzene rings is 1. The van der Waals surface area contributed by atoms with Crippen LogP contribution in [0.5, 0.6) is 0 Å². The molecule has 0 amide bonds. The van der Waals surface area contributed by atoms with Gasteiger partial charge in [0.1, 0.15) is 11.6 Å². The van der Waals surface area contributed by atoms with Crippen molar-refractivity contribution >= 4 is 5.82 Å². The summed E-state index contributed by atoms with van der Waals surface area (Å²) in [6.45, 7) is 6.36. The van der Waals surface area contributed by atoms with Crippen molar-refractivity contribution < 1.29 is 0 Å². The van der Waals surface area contributed by atoms with E-state index in [1.54, 1.807) is 0 Å². The van der Waals surface area contributed by atoms with E-state index in [9.17, 15) is 0 Å². The van der Waals surface area contributed by atoms with E-state index in [1.165, 1.54) is 16.7 Å². The quantitative estimate of drug-likeness (QED) is 0.912. The average molecular weight is 255 g/mol. The summed E-state index contributed by atoms with van der Waals surface area (Å²) in [5, 5.41) is 0. The van der Waals surface area contributed by atoms with E-state index < -0.39 is 0 Å². The molecule has 100 valence electrons. The van der Waals surface area contributed by atoms with Crippen LogP contribution in [0.1, 0.15) is 41.6 Å².